The third-order valence-electron chi connectivity index (χ3n) is 4.37. The van der Waals surface area contributed by atoms with Gasteiger partial charge in [-0.05, 0) is 62.3 Å². The highest BCUT2D eigenvalue weighted by molar-refractivity contribution is 9.10. The summed E-state index contributed by atoms with van der Waals surface area (Å²) in [7, 11) is 0. The van der Waals surface area contributed by atoms with Gasteiger partial charge in [-0.15, -0.1) is 0 Å². The van der Waals surface area contributed by atoms with Crippen LogP contribution in [0.4, 0.5) is 4.39 Å². The van der Waals surface area contributed by atoms with Crippen molar-refractivity contribution in [1.29, 1.82) is 0 Å². The van der Waals surface area contributed by atoms with Crippen LogP contribution < -0.4 is 0 Å². The largest absolute Gasteiger partial charge is 0.367 e. The molecular formula is C17H22BrFO2. The van der Waals surface area contributed by atoms with E-state index in [0.29, 0.717) is 18.1 Å². The maximum atomic E-state index is 13.4. The Balaban J connectivity index is 2.17. The number of hydrogen-bond donors (Lipinski definition) is 0. The number of ether oxygens (including phenoxy) is 1. The van der Waals surface area contributed by atoms with Crippen molar-refractivity contribution in [2.24, 2.45) is 5.92 Å². The molecule has 0 spiro atoms. The van der Waals surface area contributed by atoms with Crippen LogP contribution >= 0.6 is 15.9 Å². The second kappa shape index (κ2) is 7.01. The molecule has 1 aromatic rings. The van der Waals surface area contributed by atoms with Crippen molar-refractivity contribution in [3.63, 3.8) is 0 Å². The van der Waals surface area contributed by atoms with E-state index in [1.54, 1.807) is 6.07 Å². The molecule has 0 radical (unpaired) electrons. The maximum Gasteiger partial charge on any atom is 0.169 e. The molecule has 0 unspecified atom stereocenters. The van der Waals surface area contributed by atoms with Crippen molar-refractivity contribution in [3.8, 4) is 0 Å². The van der Waals surface area contributed by atoms with E-state index >= 15 is 0 Å². The van der Waals surface area contributed by atoms with Gasteiger partial charge in [0.2, 0.25) is 0 Å². The first-order valence-electron chi connectivity index (χ1n) is 7.58. The number of benzene rings is 1. The number of rotatable bonds is 5. The van der Waals surface area contributed by atoms with Crippen molar-refractivity contribution in [2.45, 2.75) is 51.6 Å². The Morgan fingerprint density at radius 3 is 2.71 bits per heavy atom. The van der Waals surface area contributed by atoms with Gasteiger partial charge in [-0.3, -0.25) is 4.79 Å². The van der Waals surface area contributed by atoms with Gasteiger partial charge in [0.05, 0.1) is 0 Å². The quantitative estimate of drug-likeness (QED) is 0.765. The molecule has 0 atom stereocenters. The molecule has 0 aromatic heterocycles. The summed E-state index contributed by atoms with van der Waals surface area (Å²) in [5, 5.41) is 0. The highest BCUT2D eigenvalue weighted by Gasteiger charge is 2.41. The number of ketones is 1. The molecule has 0 saturated heterocycles. The van der Waals surface area contributed by atoms with Crippen molar-refractivity contribution >= 4 is 21.7 Å². The van der Waals surface area contributed by atoms with E-state index in [4.69, 9.17) is 4.74 Å². The number of carbonyl (C=O) groups excluding carboxylic acids is 1. The lowest BCUT2D eigenvalue weighted by molar-refractivity contribution is -0.149. The van der Waals surface area contributed by atoms with Crippen molar-refractivity contribution in [1.82, 2.24) is 0 Å². The Hall–Kier alpha value is -0.740. The molecular weight excluding hydrogens is 335 g/mol. The van der Waals surface area contributed by atoms with Gasteiger partial charge in [0.1, 0.15) is 11.4 Å². The average molecular weight is 357 g/mol. The van der Waals surface area contributed by atoms with E-state index in [0.717, 1.165) is 30.2 Å². The monoisotopic (exact) mass is 356 g/mol. The van der Waals surface area contributed by atoms with Gasteiger partial charge < -0.3 is 4.74 Å². The number of hydrogen-bond acceptors (Lipinski definition) is 2. The second-order valence-corrected chi connectivity index (χ2v) is 6.80. The zero-order chi connectivity index (χ0) is 15.5. The lowest BCUT2D eigenvalue weighted by atomic mass is 9.76. The number of Topliss-reactive ketones (excluding diaryl/α,β-unsaturated/α-hetero) is 1. The molecule has 1 fully saturated rings. The van der Waals surface area contributed by atoms with Crippen LogP contribution in [0.1, 0.15) is 45.1 Å². The van der Waals surface area contributed by atoms with Gasteiger partial charge in [-0.1, -0.05) is 22.9 Å². The zero-order valence-corrected chi connectivity index (χ0v) is 14.2. The summed E-state index contributed by atoms with van der Waals surface area (Å²) >= 11 is 3.39. The smallest absolute Gasteiger partial charge is 0.169 e. The molecule has 21 heavy (non-hydrogen) atoms. The van der Waals surface area contributed by atoms with Crippen molar-refractivity contribution < 1.29 is 13.9 Å². The highest BCUT2D eigenvalue weighted by Crippen LogP contribution is 2.36. The van der Waals surface area contributed by atoms with Crippen LogP contribution in [0.3, 0.4) is 0 Å². The molecule has 1 aliphatic carbocycles. The topological polar surface area (TPSA) is 26.3 Å². The predicted molar refractivity (Wildman–Crippen MR) is 84.8 cm³/mol. The lowest BCUT2D eigenvalue weighted by Gasteiger charge is -2.38. The van der Waals surface area contributed by atoms with Gasteiger partial charge >= 0.3 is 0 Å². The Bertz CT molecular complexity index is 508. The molecule has 0 N–H and O–H groups in total. The minimum Gasteiger partial charge on any atom is -0.367 e. The Morgan fingerprint density at radius 2 is 2.10 bits per heavy atom. The fourth-order valence-electron chi connectivity index (χ4n) is 3.02. The lowest BCUT2D eigenvalue weighted by Crippen LogP contribution is -2.45. The van der Waals surface area contributed by atoms with E-state index < -0.39 is 5.60 Å². The third-order valence-corrected chi connectivity index (χ3v) is 5.14. The Kier molecular flexibility index (Phi) is 5.55. The normalized spacial score (nSPS) is 25.8. The van der Waals surface area contributed by atoms with Gasteiger partial charge in [0.15, 0.2) is 5.78 Å². The Morgan fingerprint density at radius 1 is 1.43 bits per heavy atom. The summed E-state index contributed by atoms with van der Waals surface area (Å²) in [5.41, 5.74) is 0.0187. The van der Waals surface area contributed by atoms with Crippen LogP contribution in [0.5, 0.6) is 0 Å². The molecule has 2 rings (SSSR count). The summed E-state index contributed by atoms with van der Waals surface area (Å²) in [5.74, 6) is 0.401. The standard InChI is InChI=1S/C17H22BrFO2/c1-3-21-17(8-6-12(2)7-9-17)16(20)11-13-10-14(19)4-5-15(13)18/h4-5,10,12H,3,6-9,11H2,1-2H3. The molecule has 4 heteroatoms. The van der Waals surface area contributed by atoms with Crippen LogP contribution in [0.2, 0.25) is 0 Å². The minimum atomic E-state index is -0.674. The summed E-state index contributed by atoms with van der Waals surface area (Å²) in [4.78, 5) is 12.8. The molecule has 1 aromatic carbocycles. The molecule has 2 nitrogen and oxygen atoms in total. The molecule has 116 valence electrons. The molecule has 0 aliphatic heterocycles. The van der Waals surface area contributed by atoms with Gasteiger partial charge in [0, 0.05) is 17.5 Å². The van der Waals surface area contributed by atoms with Crippen LogP contribution in [-0.2, 0) is 16.0 Å². The van der Waals surface area contributed by atoms with E-state index in [1.807, 2.05) is 6.92 Å². The highest BCUT2D eigenvalue weighted by atomic mass is 79.9. The first-order chi connectivity index (χ1) is 9.97. The molecule has 1 aliphatic rings. The van der Waals surface area contributed by atoms with Crippen LogP contribution in [0, 0.1) is 11.7 Å². The first-order valence-corrected chi connectivity index (χ1v) is 8.37. The summed E-state index contributed by atoms with van der Waals surface area (Å²) in [6.07, 6.45) is 3.78. The van der Waals surface area contributed by atoms with Gasteiger partial charge in [-0.2, -0.15) is 0 Å². The molecule has 1 saturated carbocycles. The molecule has 0 amide bonds. The Labute approximate surface area is 134 Å². The summed E-state index contributed by atoms with van der Waals surface area (Å²) in [6, 6.07) is 4.46. The molecule has 0 heterocycles. The van der Waals surface area contributed by atoms with Gasteiger partial charge in [-0.25, -0.2) is 4.39 Å². The van der Waals surface area contributed by atoms with E-state index in [-0.39, 0.29) is 18.0 Å². The first kappa shape index (κ1) is 16.6. The number of halogens is 2. The second-order valence-electron chi connectivity index (χ2n) is 5.95. The van der Waals surface area contributed by atoms with Crippen molar-refractivity contribution in [2.75, 3.05) is 6.61 Å². The summed E-state index contributed by atoms with van der Waals surface area (Å²) < 4.78 is 20.0. The zero-order valence-electron chi connectivity index (χ0n) is 12.6. The van der Waals surface area contributed by atoms with Crippen LogP contribution in [0.15, 0.2) is 22.7 Å². The average Bonchev–Trinajstić information content (AvgIpc) is 2.46. The molecule has 0 bridgehead atoms. The van der Waals surface area contributed by atoms with E-state index in [1.165, 1.54) is 12.1 Å². The van der Waals surface area contributed by atoms with Crippen molar-refractivity contribution in [3.05, 3.63) is 34.1 Å². The van der Waals surface area contributed by atoms with E-state index in [2.05, 4.69) is 22.9 Å². The van der Waals surface area contributed by atoms with E-state index in [9.17, 15) is 9.18 Å². The fourth-order valence-corrected chi connectivity index (χ4v) is 3.41. The summed E-state index contributed by atoms with van der Waals surface area (Å²) in [6.45, 7) is 4.67. The third kappa shape index (κ3) is 3.92. The SMILES string of the molecule is CCOC1(C(=O)Cc2cc(F)ccc2Br)CCC(C)CC1. The number of carbonyl (C=O) groups is 1. The van der Waals surface area contributed by atoms with Gasteiger partial charge in [0.25, 0.3) is 0 Å². The van der Waals surface area contributed by atoms with Crippen LogP contribution in [0.25, 0.3) is 0 Å². The van der Waals surface area contributed by atoms with Crippen LogP contribution in [-0.4, -0.2) is 18.0 Å². The minimum absolute atomic E-state index is 0.0718. The maximum absolute atomic E-state index is 13.4. The fraction of sp³-hybridized carbons (Fsp3) is 0.588. The predicted octanol–water partition coefficient (Wildman–Crippen LogP) is 4.69.